The van der Waals surface area contributed by atoms with Gasteiger partial charge in [-0.2, -0.15) is 0 Å². The monoisotopic (exact) mass is 571 g/mol. The molecular weight excluding hydrogens is 534 g/mol. The van der Waals surface area contributed by atoms with Gasteiger partial charge in [-0.3, -0.25) is 9.69 Å². The number of Topliss-reactive ketones (excluding diaryl/α,β-unsaturated/α-hetero) is 1. The number of imidazole rings is 1. The van der Waals surface area contributed by atoms with Gasteiger partial charge < -0.3 is 14.0 Å². The third-order valence-corrected chi connectivity index (χ3v) is 7.67. The Morgan fingerprint density at radius 1 is 0.878 bits per heavy atom. The highest BCUT2D eigenvalue weighted by atomic mass is 35.5. The van der Waals surface area contributed by atoms with Crippen LogP contribution in [0.3, 0.4) is 0 Å². The highest BCUT2D eigenvalue weighted by molar-refractivity contribution is 6.30. The number of carbonyl (C=O) groups excluding carboxylic acids is 1. The van der Waals surface area contributed by atoms with Crippen molar-refractivity contribution >= 4 is 17.4 Å². The van der Waals surface area contributed by atoms with Gasteiger partial charge >= 0.3 is 0 Å². The van der Waals surface area contributed by atoms with Crippen LogP contribution in [0, 0.1) is 0 Å². The summed E-state index contributed by atoms with van der Waals surface area (Å²) in [6.07, 6.45) is 3.12. The molecule has 3 aromatic carbocycles. The van der Waals surface area contributed by atoms with E-state index in [1.807, 2.05) is 43.3 Å². The average Bonchev–Trinajstić information content (AvgIpc) is 3.30. The van der Waals surface area contributed by atoms with Gasteiger partial charge in [0.1, 0.15) is 24.8 Å². The van der Waals surface area contributed by atoms with Crippen molar-refractivity contribution in [1.82, 2.24) is 14.5 Å². The number of ether oxygens (including phenoxy) is 2. The molecule has 0 radical (unpaired) electrons. The minimum Gasteiger partial charge on any atom is -0.486 e. The minimum absolute atomic E-state index is 0.246. The number of rotatable bonds is 13. The Bertz CT molecular complexity index is 1470. The third kappa shape index (κ3) is 7.38. The zero-order chi connectivity index (χ0) is 28.6. The normalized spacial score (nSPS) is 12.6. The number of aromatic nitrogens is 2. The van der Waals surface area contributed by atoms with Crippen molar-refractivity contribution in [2.24, 2.45) is 0 Å². The van der Waals surface area contributed by atoms with Gasteiger partial charge in [-0.15, -0.1) is 0 Å². The Labute approximate surface area is 247 Å². The van der Waals surface area contributed by atoms with Crippen LogP contribution in [0.2, 0.25) is 5.15 Å². The lowest BCUT2D eigenvalue weighted by atomic mass is 10.0. The van der Waals surface area contributed by atoms with E-state index in [1.54, 1.807) is 0 Å². The predicted molar refractivity (Wildman–Crippen MR) is 163 cm³/mol. The quantitative estimate of drug-likeness (QED) is 0.166. The number of halogens is 1. The molecule has 4 aromatic rings. The molecule has 1 aromatic heterocycles. The first-order valence-corrected chi connectivity index (χ1v) is 14.9. The highest BCUT2D eigenvalue weighted by Crippen LogP contribution is 2.32. The fraction of sp³-hybridized carbons (Fsp3) is 0.353. The van der Waals surface area contributed by atoms with Crippen molar-refractivity contribution in [2.45, 2.75) is 65.7 Å². The molecule has 1 aliphatic rings. The van der Waals surface area contributed by atoms with Gasteiger partial charge in [0, 0.05) is 44.6 Å². The van der Waals surface area contributed by atoms with Crippen LogP contribution in [-0.4, -0.2) is 33.4 Å². The van der Waals surface area contributed by atoms with Crippen molar-refractivity contribution in [1.29, 1.82) is 0 Å². The first kappa shape index (κ1) is 28.9. The maximum absolute atomic E-state index is 12.1. The number of benzene rings is 3. The molecule has 0 amide bonds. The van der Waals surface area contributed by atoms with Crippen LogP contribution in [0.15, 0.2) is 72.8 Å². The molecule has 0 saturated heterocycles. The van der Waals surface area contributed by atoms with E-state index in [0.29, 0.717) is 50.8 Å². The summed E-state index contributed by atoms with van der Waals surface area (Å²) in [5.41, 5.74) is 5.40. The summed E-state index contributed by atoms with van der Waals surface area (Å²) in [6, 6.07) is 24.8. The third-order valence-electron chi connectivity index (χ3n) is 7.37. The number of unbranched alkanes of at least 4 members (excludes halogenated alkanes) is 1. The standard InChI is InChI=1S/C34H38ClN3O3/c1-3-5-16-38-30(33(35)36-34(38)28-12-7-6-8-13-28)24-37(22-26-11-9-10-25(19-26)20-29(39)4-2)23-27-14-15-31-32(21-27)41-18-17-40-31/h6-15,19,21H,3-5,16-18,20,22-24H2,1-2H3. The Morgan fingerprint density at radius 3 is 2.37 bits per heavy atom. The van der Waals surface area contributed by atoms with Gasteiger partial charge in [-0.1, -0.05) is 92.5 Å². The second kappa shape index (κ2) is 13.8. The van der Waals surface area contributed by atoms with Gasteiger partial charge in [0.25, 0.3) is 0 Å². The summed E-state index contributed by atoms with van der Waals surface area (Å²) in [6.45, 7) is 8.08. The van der Waals surface area contributed by atoms with Crippen LogP contribution < -0.4 is 9.47 Å². The molecule has 0 atom stereocenters. The molecule has 5 rings (SSSR count). The van der Waals surface area contributed by atoms with Crippen LogP contribution in [0.1, 0.15) is 55.5 Å². The van der Waals surface area contributed by atoms with Crippen LogP contribution in [0.5, 0.6) is 11.5 Å². The van der Waals surface area contributed by atoms with Gasteiger partial charge in [0.2, 0.25) is 0 Å². The largest absolute Gasteiger partial charge is 0.486 e. The van der Waals surface area contributed by atoms with E-state index in [-0.39, 0.29) is 5.78 Å². The first-order chi connectivity index (χ1) is 20.0. The van der Waals surface area contributed by atoms with E-state index in [9.17, 15) is 4.79 Å². The fourth-order valence-corrected chi connectivity index (χ4v) is 5.49. The number of fused-ring (bicyclic) bond motifs is 1. The average molecular weight is 572 g/mol. The summed E-state index contributed by atoms with van der Waals surface area (Å²) in [4.78, 5) is 19.4. The van der Waals surface area contributed by atoms with Gasteiger partial charge in [-0.25, -0.2) is 4.98 Å². The zero-order valence-electron chi connectivity index (χ0n) is 23.9. The molecule has 7 heteroatoms. The van der Waals surface area contributed by atoms with Crippen LogP contribution >= 0.6 is 11.6 Å². The van der Waals surface area contributed by atoms with Crippen LogP contribution in [0.25, 0.3) is 11.4 Å². The van der Waals surface area contributed by atoms with Crippen LogP contribution in [0.4, 0.5) is 0 Å². The molecule has 0 fully saturated rings. The lowest BCUT2D eigenvalue weighted by Crippen LogP contribution is -2.25. The molecule has 0 aliphatic carbocycles. The number of ketones is 1. The maximum atomic E-state index is 12.1. The van der Waals surface area contributed by atoms with Crippen molar-refractivity contribution in [3.8, 4) is 22.9 Å². The maximum Gasteiger partial charge on any atom is 0.161 e. The van der Waals surface area contributed by atoms with Gasteiger partial charge in [0.05, 0.1) is 5.69 Å². The lowest BCUT2D eigenvalue weighted by Gasteiger charge is -2.25. The van der Waals surface area contributed by atoms with Gasteiger partial charge in [-0.05, 0) is 35.2 Å². The predicted octanol–water partition coefficient (Wildman–Crippen LogP) is 7.50. The molecule has 41 heavy (non-hydrogen) atoms. The highest BCUT2D eigenvalue weighted by Gasteiger charge is 2.21. The summed E-state index contributed by atoms with van der Waals surface area (Å²) in [5, 5.41) is 0.537. The van der Waals surface area contributed by atoms with E-state index < -0.39 is 0 Å². The molecule has 0 bridgehead atoms. The number of hydrogen-bond acceptors (Lipinski definition) is 5. The second-order valence-corrected chi connectivity index (χ2v) is 10.9. The number of carbonyl (C=O) groups is 1. The molecule has 214 valence electrons. The Hall–Kier alpha value is -3.61. The lowest BCUT2D eigenvalue weighted by molar-refractivity contribution is -0.118. The summed E-state index contributed by atoms with van der Waals surface area (Å²) in [5.74, 6) is 2.72. The topological polar surface area (TPSA) is 56.6 Å². The Balaban J connectivity index is 1.48. The Morgan fingerprint density at radius 2 is 1.61 bits per heavy atom. The van der Waals surface area contributed by atoms with E-state index in [2.05, 4.69) is 52.8 Å². The summed E-state index contributed by atoms with van der Waals surface area (Å²) >= 11 is 6.89. The van der Waals surface area contributed by atoms with Gasteiger partial charge in [0.15, 0.2) is 16.7 Å². The first-order valence-electron chi connectivity index (χ1n) is 14.5. The second-order valence-electron chi connectivity index (χ2n) is 10.6. The van der Waals surface area contributed by atoms with E-state index in [1.165, 1.54) is 0 Å². The molecule has 0 spiro atoms. The summed E-state index contributed by atoms with van der Waals surface area (Å²) < 4.78 is 13.9. The minimum atomic E-state index is 0.246. The molecule has 0 N–H and O–H groups in total. The molecule has 0 saturated carbocycles. The SMILES string of the molecule is CCCCn1c(-c2ccccc2)nc(Cl)c1CN(Cc1cccc(CC(=O)CC)c1)Cc1ccc2c(c1)OCCO2. The molecule has 0 unspecified atom stereocenters. The molecule has 6 nitrogen and oxygen atoms in total. The van der Waals surface area contributed by atoms with E-state index in [4.69, 9.17) is 26.1 Å². The van der Waals surface area contributed by atoms with E-state index in [0.717, 1.165) is 64.7 Å². The number of nitrogens with zero attached hydrogens (tertiary/aromatic N) is 3. The molecule has 2 heterocycles. The summed E-state index contributed by atoms with van der Waals surface area (Å²) in [7, 11) is 0. The number of hydrogen-bond donors (Lipinski definition) is 0. The van der Waals surface area contributed by atoms with E-state index >= 15 is 0 Å². The van der Waals surface area contributed by atoms with Crippen molar-refractivity contribution < 1.29 is 14.3 Å². The van der Waals surface area contributed by atoms with Crippen molar-refractivity contribution in [3.63, 3.8) is 0 Å². The Kier molecular flexibility index (Phi) is 9.75. The zero-order valence-corrected chi connectivity index (χ0v) is 24.7. The smallest absolute Gasteiger partial charge is 0.161 e. The van der Waals surface area contributed by atoms with Crippen molar-refractivity contribution in [2.75, 3.05) is 13.2 Å². The molecular formula is C34H38ClN3O3. The van der Waals surface area contributed by atoms with Crippen LogP contribution in [-0.2, 0) is 37.4 Å². The molecule has 1 aliphatic heterocycles. The van der Waals surface area contributed by atoms with Crippen molar-refractivity contribution in [3.05, 3.63) is 100 Å². The fourth-order valence-electron chi connectivity index (χ4n) is 5.25.